The molecule has 0 bridgehead atoms. The van der Waals surface area contributed by atoms with Gasteiger partial charge in [-0.25, -0.2) is 0 Å². The zero-order valence-electron chi connectivity index (χ0n) is 16.7. The van der Waals surface area contributed by atoms with Crippen LogP contribution in [-0.2, 0) is 0 Å². The van der Waals surface area contributed by atoms with Crippen LogP contribution < -0.4 is 15.4 Å². The Morgan fingerprint density at radius 1 is 1.19 bits per heavy atom. The lowest BCUT2D eigenvalue weighted by Gasteiger charge is -2.27. The Morgan fingerprint density at radius 2 is 1.89 bits per heavy atom. The largest absolute Gasteiger partial charge is 0.496 e. The van der Waals surface area contributed by atoms with Crippen LogP contribution in [0.1, 0.15) is 30.0 Å². The number of hydrogen-bond donors (Lipinski definition) is 2. The van der Waals surface area contributed by atoms with Gasteiger partial charge in [0.1, 0.15) is 5.75 Å². The first-order valence-electron chi connectivity index (χ1n) is 8.82. The molecule has 2 rings (SSSR count). The number of ether oxygens (including phenoxy) is 1. The van der Waals surface area contributed by atoms with Crippen molar-refractivity contribution in [3.05, 3.63) is 52.2 Å². The zero-order valence-corrected chi connectivity index (χ0v) is 19.9. The molecule has 2 unspecified atom stereocenters. The van der Waals surface area contributed by atoms with Gasteiger partial charge in [-0.05, 0) is 48.5 Å². The number of hydrogen-bond acceptors (Lipinski definition) is 4. The Kier molecular flexibility index (Phi) is 10.7. The summed E-state index contributed by atoms with van der Waals surface area (Å²) in [5.41, 5.74) is 2.52. The molecule has 1 aromatic heterocycles. The minimum Gasteiger partial charge on any atom is -0.496 e. The second-order valence-corrected chi connectivity index (χ2v) is 7.29. The molecule has 5 nitrogen and oxygen atoms in total. The fourth-order valence-electron chi connectivity index (χ4n) is 2.85. The first-order chi connectivity index (χ1) is 12.6. The fraction of sp³-hybridized carbons (Fsp3) is 0.450. The summed E-state index contributed by atoms with van der Waals surface area (Å²) in [4.78, 5) is 6.54. The van der Waals surface area contributed by atoms with Crippen molar-refractivity contribution >= 4 is 41.3 Å². The third kappa shape index (κ3) is 6.97. The van der Waals surface area contributed by atoms with Crippen LogP contribution in [-0.4, -0.2) is 52.2 Å². The lowest BCUT2D eigenvalue weighted by atomic mass is 10.0. The van der Waals surface area contributed by atoms with Crippen LogP contribution >= 0.6 is 35.3 Å². The molecule has 1 aromatic carbocycles. The van der Waals surface area contributed by atoms with Crippen molar-refractivity contribution in [1.29, 1.82) is 0 Å². The van der Waals surface area contributed by atoms with Crippen LogP contribution in [0.3, 0.4) is 0 Å². The van der Waals surface area contributed by atoms with Crippen LogP contribution in [0, 0.1) is 0 Å². The quantitative estimate of drug-likeness (QED) is 0.326. The highest BCUT2D eigenvalue weighted by Crippen LogP contribution is 2.27. The average Bonchev–Trinajstić information content (AvgIpc) is 3.19. The Morgan fingerprint density at radius 3 is 2.48 bits per heavy atom. The molecule has 0 aliphatic rings. The molecule has 0 amide bonds. The van der Waals surface area contributed by atoms with E-state index < -0.39 is 0 Å². The third-order valence-electron chi connectivity index (χ3n) is 4.50. The Bertz CT molecular complexity index is 691. The monoisotopic (exact) mass is 502 g/mol. The first kappa shape index (κ1) is 23.7. The molecular weight excluding hydrogens is 471 g/mol. The third-order valence-corrected chi connectivity index (χ3v) is 5.20. The van der Waals surface area contributed by atoms with Crippen LogP contribution in [0.5, 0.6) is 5.75 Å². The smallest absolute Gasteiger partial charge is 0.191 e. The van der Waals surface area contributed by atoms with E-state index in [0.29, 0.717) is 5.92 Å². The molecule has 0 radical (unpaired) electrons. The summed E-state index contributed by atoms with van der Waals surface area (Å²) in [6, 6.07) is 10.5. The summed E-state index contributed by atoms with van der Waals surface area (Å²) < 4.78 is 5.53. The van der Waals surface area contributed by atoms with Crippen molar-refractivity contribution in [3.63, 3.8) is 0 Å². The van der Waals surface area contributed by atoms with Gasteiger partial charge in [-0.15, -0.1) is 24.0 Å². The molecule has 7 heteroatoms. The molecule has 0 aliphatic heterocycles. The second-order valence-electron chi connectivity index (χ2n) is 6.51. The van der Waals surface area contributed by atoms with Gasteiger partial charge in [-0.1, -0.05) is 25.1 Å². The van der Waals surface area contributed by atoms with E-state index in [1.54, 1.807) is 25.5 Å². The van der Waals surface area contributed by atoms with Gasteiger partial charge in [0.15, 0.2) is 5.96 Å². The minimum atomic E-state index is 0. The summed E-state index contributed by atoms with van der Waals surface area (Å²) in [6.07, 6.45) is 0. The van der Waals surface area contributed by atoms with Crippen LogP contribution in [0.15, 0.2) is 46.1 Å². The number of methoxy groups -OCH3 is 1. The van der Waals surface area contributed by atoms with Crippen molar-refractivity contribution in [2.24, 2.45) is 4.99 Å². The number of thiophene rings is 1. The summed E-state index contributed by atoms with van der Waals surface area (Å²) in [5.74, 6) is 2.16. The van der Waals surface area contributed by atoms with Crippen LogP contribution in [0.4, 0.5) is 0 Å². The highest BCUT2D eigenvalue weighted by Gasteiger charge is 2.18. The standard InChI is InChI=1S/C20H30N4OS.HI/c1-15(16-10-11-26-14-16)12-22-20(21-2)23-13-18(24(3)4)17-8-6-7-9-19(17)25-5;/h6-11,14-15,18H,12-13H2,1-5H3,(H2,21,22,23);1H. The van der Waals surface area contributed by atoms with E-state index in [9.17, 15) is 0 Å². The number of halogens is 1. The lowest BCUT2D eigenvalue weighted by molar-refractivity contribution is 0.287. The van der Waals surface area contributed by atoms with E-state index in [1.165, 1.54) is 5.56 Å². The number of benzene rings is 1. The van der Waals surface area contributed by atoms with Crippen LogP contribution in [0.2, 0.25) is 0 Å². The maximum absolute atomic E-state index is 5.53. The number of rotatable bonds is 8. The maximum atomic E-state index is 5.53. The molecule has 1 heterocycles. The molecule has 2 atom stereocenters. The number of nitrogens with one attached hydrogen (secondary N) is 2. The number of aliphatic imine (C=N–C) groups is 1. The Balaban J connectivity index is 0.00000364. The summed E-state index contributed by atoms with van der Waals surface area (Å²) in [5, 5.41) is 11.2. The normalized spacial score (nSPS) is 13.6. The number of likely N-dealkylation sites (N-methyl/N-ethyl adjacent to an activating group) is 1. The van der Waals surface area contributed by atoms with Crippen molar-refractivity contribution in [2.75, 3.05) is 41.3 Å². The van der Waals surface area contributed by atoms with Crippen molar-refractivity contribution in [3.8, 4) is 5.75 Å². The minimum absolute atomic E-state index is 0. The molecule has 0 spiro atoms. The molecule has 0 aliphatic carbocycles. The van der Waals surface area contributed by atoms with E-state index in [0.717, 1.165) is 30.4 Å². The van der Waals surface area contributed by atoms with Crippen LogP contribution in [0.25, 0.3) is 0 Å². The van der Waals surface area contributed by atoms with Gasteiger partial charge in [-0.2, -0.15) is 11.3 Å². The molecule has 27 heavy (non-hydrogen) atoms. The van der Waals surface area contributed by atoms with Gasteiger partial charge >= 0.3 is 0 Å². The predicted molar refractivity (Wildman–Crippen MR) is 127 cm³/mol. The summed E-state index contributed by atoms with van der Waals surface area (Å²) >= 11 is 1.74. The Labute approximate surface area is 184 Å². The summed E-state index contributed by atoms with van der Waals surface area (Å²) in [7, 11) is 7.67. The van der Waals surface area contributed by atoms with E-state index in [4.69, 9.17) is 4.74 Å². The van der Waals surface area contributed by atoms with Gasteiger partial charge in [0.25, 0.3) is 0 Å². The number of nitrogens with zero attached hydrogens (tertiary/aromatic N) is 2. The summed E-state index contributed by atoms with van der Waals surface area (Å²) in [6.45, 7) is 3.80. The molecule has 2 aromatic rings. The van der Waals surface area contributed by atoms with Gasteiger partial charge in [0, 0.05) is 25.7 Å². The first-order valence-corrected chi connectivity index (χ1v) is 9.77. The lowest BCUT2D eigenvalue weighted by Crippen LogP contribution is -2.42. The van der Waals surface area contributed by atoms with E-state index in [2.05, 4.69) is 64.4 Å². The van der Waals surface area contributed by atoms with E-state index >= 15 is 0 Å². The number of guanidine groups is 1. The molecular formula is C20H31IN4OS. The molecule has 0 saturated heterocycles. The average molecular weight is 502 g/mol. The van der Waals surface area contributed by atoms with E-state index in [-0.39, 0.29) is 30.0 Å². The topological polar surface area (TPSA) is 48.9 Å². The molecule has 0 saturated carbocycles. The highest BCUT2D eigenvalue weighted by atomic mass is 127. The Hall–Kier alpha value is -1.32. The van der Waals surface area contributed by atoms with Gasteiger partial charge in [0.05, 0.1) is 13.2 Å². The second kappa shape index (κ2) is 12.2. The number of para-hydroxylation sites is 1. The van der Waals surface area contributed by atoms with Gasteiger partial charge in [0.2, 0.25) is 0 Å². The molecule has 0 fully saturated rings. The molecule has 150 valence electrons. The van der Waals surface area contributed by atoms with Gasteiger partial charge in [-0.3, -0.25) is 4.99 Å². The van der Waals surface area contributed by atoms with Crippen molar-refractivity contribution in [2.45, 2.75) is 18.9 Å². The van der Waals surface area contributed by atoms with Gasteiger partial charge < -0.3 is 20.3 Å². The predicted octanol–water partition coefficient (Wildman–Crippen LogP) is 3.95. The van der Waals surface area contributed by atoms with E-state index in [1.807, 2.05) is 18.2 Å². The molecule has 2 N–H and O–H groups in total. The van der Waals surface area contributed by atoms with Crippen molar-refractivity contribution in [1.82, 2.24) is 15.5 Å². The SMILES string of the molecule is CN=C(NCC(C)c1ccsc1)NCC(c1ccccc1OC)N(C)C.I. The highest BCUT2D eigenvalue weighted by molar-refractivity contribution is 14.0. The maximum Gasteiger partial charge on any atom is 0.191 e. The zero-order chi connectivity index (χ0) is 18.9. The van der Waals surface area contributed by atoms with Crippen molar-refractivity contribution < 1.29 is 4.74 Å². The fourth-order valence-corrected chi connectivity index (χ4v) is 3.63.